The minimum Gasteiger partial charge on any atom is -0.304 e. The molecule has 1 aliphatic carbocycles. The van der Waals surface area contributed by atoms with Gasteiger partial charge in [-0.15, -0.1) is 0 Å². The Kier molecular flexibility index (Phi) is 3.82. The average Bonchev–Trinajstić information content (AvgIpc) is 2.76. The molecular weight excluding hydrogens is 244 g/mol. The fraction of sp³-hybridized carbons (Fsp3) is 0.923. The summed E-state index contributed by atoms with van der Waals surface area (Å²) in [5.74, 6) is 1.20. The molecular formula is C13H24N4S. The van der Waals surface area contributed by atoms with Gasteiger partial charge in [-0.05, 0) is 19.9 Å². The SMILES string of the molecule is CN1CCN(NC2=NC3(CCCCC3)CS2)CC1. The minimum absolute atomic E-state index is 0.290. The molecule has 0 unspecified atom stereocenters. The first-order valence-electron chi connectivity index (χ1n) is 7.19. The van der Waals surface area contributed by atoms with Gasteiger partial charge in [0, 0.05) is 31.9 Å². The lowest BCUT2D eigenvalue weighted by Gasteiger charge is -2.32. The molecule has 4 nitrogen and oxygen atoms in total. The second-order valence-corrected chi connectivity index (χ2v) is 6.86. The Morgan fingerprint density at radius 2 is 1.83 bits per heavy atom. The largest absolute Gasteiger partial charge is 0.304 e. The molecule has 0 aromatic heterocycles. The second kappa shape index (κ2) is 5.39. The highest BCUT2D eigenvalue weighted by molar-refractivity contribution is 8.14. The summed E-state index contributed by atoms with van der Waals surface area (Å²) in [4.78, 5) is 7.38. The number of hydrazine groups is 1. The molecule has 5 heteroatoms. The molecule has 1 N–H and O–H groups in total. The van der Waals surface area contributed by atoms with Crippen molar-refractivity contribution in [2.24, 2.45) is 4.99 Å². The Balaban J connectivity index is 1.55. The lowest BCUT2D eigenvalue weighted by atomic mass is 9.84. The number of aliphatic imine (C=N–C) groups is 1. The Hall–Kier alpha value is -0.260. The first kappa shape index (κ1) is 12.8. The summed E-state index contributed by atoms with van der Waals surface area (Å²) < 4.78 is 0. The van der Waals surface area contributed by atoms with Gasteiger partial charge < -0.3 is 4.90 Å². The molecule has 1 spiro atoms. The summed E-state index contributed by atoms with van der Waals surface area (Å²) in [6.07, 6.45) is 6.74. The molecule has 102 valence electrons. The molecule has 2 heterocycles. The Morgan fingerprint density at radius 1 is 1.11 bits per heavy atom. The zero-order valence-corrected chi connectivity index (χ0v) is 12.1. The fourth-order valence-electron chi connectivity index (χ4n) is 3.06. The van der Waals surface area contributed by atoms with Gasteiger partial charge in [-0.1, -0.05) is 31.0 Å². The highest BCUT2D eigenvalue weighted by Gasteiger charge is 2.37. The van der Waals surface area contributed by atoms with E-state index in [9.17, 15) is 0 Å². The van der Waals surface area contributed by atoms with Crippen molar-refractivity contribution in [2.45, 2.75) is 37.6 Å². The smallest absolute Gasteiger partial charge is 0.171 e. The molecule has 0 aromatic carbocycles. The van der Waals surface area contributed by atoms with Crippen LogP contribution in [0.5, 0.6) is 0 Å². The fourth-order valence-corrected chi connectivity index (χ4v) is 4.27. The number of thioether (sulfide) groups is 1. The third kappa shape index (κ3) is 2.83. The first-order valence-corrected chi connectivity index (χ1v) is 8.17. The molecule has 1 saturated carbocycles. The van der Waals surface area contributed by atoms with Crippen molar-refractivity contribution in [3.63, 3.8) is 0 Å². The zero-order chi connectivity index (χ0) is 12.4. The van der Waals surface area contributed by atoms with Crippen molar-refractivity contribution in [3.8, 4) is 0 Å². The molecule has 2 fully saturated rings. The number of likely N-dealkylation sites (N-methyl/N-ethyl adjacent to an activating group) is 1. The molecule has 3 rings (SSSR count). The van der Waals surface area contributed by atoms with E-state index in [1.54, 1.807) is 0 Å². The van der Waals surface area contributed by atoms with Crippen LogP contribution >= 0.6 is 11.8 Å². The lowest BCUT2D eigenvalue weighted by molar-refractivity contribution is 0.131. The van der Waals surface area contributed by atoms with E-state index >= 15 is 0 Å². The van der Waals surface area contributed by atoms with E-state index in [0.717, 1.165) is 26.2 Å². The molecule has 0 atom stereocenters. The maximum absolute atomic E-state index is 5.01. The topological polar surface area (TPSA) is 30.9 Å². The van der Waals surface area contributed by atoms with Gasteiger partial charge in [-0.25, -0.2) is 5.01 Å². The van der Waals surface area contributed by atoms with Crippen molar-refractivity contribution in [1.82, 2.24) is 15.3 Å². The van der Waals surface area contributed by atoms with Crippen LogP contribution in [0.1, 0.15) is 32.1 Å². The summed E-state index contributed by atoms with van der Waals surface area (Å²) in [7, 11) is 2.19. The Labute approximate surface area is 114 Å². The standard InChI is InChI=1S/C13H24N4S/c1-16-7-9-17(10-8-16)15-12-14-13(11-18-12)5-3-2-4-6-13/h2-11H2,1H3,(H,14,15). The summed E-state index contributed by atoms with van der Waals surface area (Å²) in [6.45, 7) is 4.50. The van der Waals surface area contributed by atoms with Gasteiger partial charge in [0.2, 0.25) is 0 Å². The summed E-state index contributed by atoms with van der Waals surface area (Å²) in [5.41, 5.74) is 3.82. The highest BCUT2D eigenvalue weighted by Crippen LogP contribution is 2.39. The Morgan fingerprint density at radius 3 is 2.56 bits per heavy atom. The maximum atomic E-state index is 5.01. The van der Waals surface area contributed by atoms with Crippen molar-refractivity contribution >= 4 is 16.9 Å². The van der Waals surface area contributed by atoms with Gasteiger partial charge in [-0.3, -0.25) is 10.4 Å². The van der Waals surface area contributed by atoms with Crippen LogP contribution in [0.4, 0.5) is 0 Å². The predicted molar refractivity (Wildman–Crippen MR) is 77.9 cm³/mol. The Bertz CT molecular complexity index is 317. The number of piperazine rings is 1. The molecule has 18 heavy (non-hydrogen) atoms. The van der Waals surface area contributed by atoms with Crippen LogP contribution < -0.4 is 5.43 Å². The van der Waals surface area contributed by atoms with Crippen molar-refractivity contribution in [2.75, 3.05) is 39.0 Å². The first-order chi connectivity index (χ1) is 8.76. The third-order valence-corrected chi connectivity index (χ3v) is 5.50. The highest BCUT2D eigenvalue weighted by atomic mass is 32.2. The number of rotatable bonds is 1. The van der Waals surface area contributed by atoms with E-state index in [1.807, 2.05) is 11.8 Å². The predicted octanol–water partition coefficient (Wildman–Crippen LogP) is 1.54. The number of hydrogen-bond donors (Lipinski definition) is 1. The van der Waals surface area contributed by atoms with Gasteiger partial charge in [0.1, 0.15) is 0 Å². The van der Waals surface area contributed by atoms with Crippen LogP contribution in [0.2, 0.25) is 0 Å². The summed E-state index contributed by atoms with van der Waals surface area (Å²) in [6, 6.07) is 0. The summed E-state index contributed by atoms with van der Waals surface area (Å²) >= 11 is 1.93. The van der Waals surface area contributed by atoms with Crippen LogP contribution in [0, 0.1) is 0 Å². The van der Waals surface area contributed by atoms with Gasteiger partial charge in [0.25, 0.3) is 0 Å². The normalized spacial score (nSPS) is 29.5. The van der Waals surface area contributed by atoms with Crippen LogP contribution in [0.3, 0.4) is 0 Å². The number of amidine groups is 1. The number of nitrogens with zero attached hydrogens (tertiary/aromatic N) is 3. The van der Waals surface area contributed by atoms with Crippen LogP contribution in [0.15, 0.2) is 4.99 Å². The zero-order valence-electron chi connectivity index (χ0n) is 11.3. The van der Waals surface area contributed by atoms with E-state index in [4.69, 9.17) is 4.99 Å². The van der Waals surface area contributed by atoms with Gasteiger partial charge in [0.15, 0.2) is 5.17 Å². The van der Waals surface area contributed by atoms with E-state index in [1.165, 1.54) is 43.0 Å². The minimum atomic E-state index is 0.290. The van der Waals surface area contributed by atoms with E-state index in [0.29, 0.717) is 0 Å². The third-order valence-electron chi connectivity index (χ3n) is 4.36. The number of hydrogen-bond acceptors (Lipinski definition) is 5. The van der Waals surface area contributed by atoms with Crippen LogP contribution in [-0.2, 0) is 0 Å². The van der Waals surface area contributed by atoms with Gasteiger partial charge in [-0.2, -0.15) is 0 Å². The lowest BCUT2D eigenvalue weighted by Crippen LogP contribution is -2.51. The number of nitrogens with one attached hydrogen (secondary N) is 1. The monoisotopic (exact) mass is 268 g/mol. The van der Waals surface area contributed by atoms with Crippen molar-refractivity contribution in [1.29, 1.82) is 0 Å². The maximum Gasteiger partial charge on any atom is 0.171 e. The molecule has 0 radical (unpaired) electrons. The van der Waals surface area contributed by atoms with E-state index < -0.39 is 0 Å². The molecule has 1 saturated heterocycles. The average molecular weight is 268 g/mol. The van der Waals surface area contributed by atoms with E-state index in [2.05, 4.69) is 22.4 Å². The molecule has 0 amide bonds. The molecule has 3 aliphatic rings. The van der Waals surface area contributed by atoms with Crippen molar-refractivity contribution in [3.05, 3.63) is 0 Å². The quantitative estimate of drug-likeness (QED) is 0.781. The van der Waals surface area contributed by atoms with Gasteiger partial charge >= 0.3 is 0 Å². The van der Waals surface area contributed by atoms with Crippen LogP contribution in [-0.4, -0.2) is 59.6 Å². The molecule has 0 bridgehead atoms. The summed E-state index contributed by atoms with van der Waals surface area (Å²) in [5, 5.41) is 3.50. The van der Waals surface area contributed by atoms with Gasteiger partial charge in [0.05, 0.1) is 5.54 Å². The van der Waals surface area contributed by atoms with Crippen LogP contribution in [0.25, 0.3) is 0 Å². The molecule has 2 aliphatic heterocycles. The van der Waals surface area contributed by atoms with E-state index in [-0.39, 0.29) is 5.54 Å². The molecule has 0 aromatic rings. The second-order valence-electron chi connectivity index (χ2n) is 5.89. The van der Waals surface area contributed by atoms with Crippen molar-refractivity contribution < 1.29 is 0 Å².